The molecule has 0 unspecified atom stereocenters. The highest BCUT2D eigenvalue weighted by Gasteiger charge is 2.53. The number of hydrogen-bond donors (Lipinski definition) is 0. The van der Waals surface area contributed by atoms with E-state index in [9.17, 15) is 0 Å². The molecule has 1 fully saturated rings. The minimum Gasteiger partial charge on any atom is -0.466 e. The lowest BCUT2D eigenvalue weighted by Gasteiger charge is -2.36. The topological polar surface area (TPSA) is 12.5 Å². The van der Waals surface area contributed by atoms with Gasteiger partial charge in [0.2, 0.25) is 5.72 Å². The zero-order valence-corrected chi connectivity index (χ0v) is 5.00. The fraction of sp³-hybridized carbons (Fsp3) is 0.429. The molecule has 0 saturated carbocycles. The van der Waals surface area contributed by atoms with Crippen LogP contribution in [0.15, 0.2) is 24.1 Å². The normalized spacial score (nSPS) is 41.8. The van der Waals surface area contributed by atoms with Crippen LogP contribution in [-0.4, -0.2) is 17.2 Å². The molecule has 2 nitrogen and oxygen atoms in total. The lowest BCUT2D eigenvalue weighted by Crippen LogP contribution is -2.43. The highest BCUT2D eigenvalue weighted by molar-refractivity contribution is 5.31. The molecule has 2 bridgehead atoms. The van der Waals surface area contributed by atoms with Crippen LogP contribution >= 0.6 is 0 Å². The van der Waals surface area contributed by atoms with Gasteiger partial charge in [0.15, 0.2) is 0 Å². The SMILES string of the molecule is C1=C[C@]23CC(=CN2C1)O3. The van der Waals surface area contributed by atoms with Gasteiger partial charge in [0, 0.05) is 12.7 Å². The van der Waals surface area contributed by atoms with E-state index in [1.54, 1.807) is 0 Å². The molecule has 9 heavy (non-hydrogen) atoms. The average molecular weight is 121 g/mol. The van der Waals surface area contributed by atoms with Gasteiger partial charge >= 0.3 is 0 Å². The summed E-state index contributed by atoms with van der Waals surface area (Å²) in [5.74, 6) is 1.15. The molecule has 4 aliphatic rings. The van der Waals surface area contributed by atoms with Gasteiger partial charge in [-0.2, -0.15) is 0 Å². The van der Waals surface area contributed by atoms with E-state index in [1.807, 2.05) is 0 Å². The Morgan fingerprint density at radius 2 is 2.56 bits per heavy atom. The highest BCUT2D eigenvalue weighted by Crippen LogP contribution is 2.48. The molecule has 1 atom stereocenters. The van der Waals surface area contributed by atoms with Gasteiger partial charge < -0.3 is 9.64 Å². The minimum absolute atomic E-state index is 0.00926. The highest BCUT2D eigenvalue weighted by atomic mass is 16.6. The molecule has 1 spiro atoms. The molecule has 1 saturated heterocycles. The first-order chi connectivity index (χ1) is 4.39. The largest absolute Gasteiger partial charge is 0.466 e. The summed E-state index contributed by atoms with van der Waals surface area (Å²) in [6.45, 7) is 1.03. The van der Waals surface area contributed by atoms with Crippen LogP contribution in [-0.2, 0) is 4.74 Å². The second-order valence-corrected chi connectivity index (χ2v) is 2.77. The zero-order valence-electron chi connectivity index (χ0n) is 5.00. The lowest BCUT2D eigenvalue weighted by molar-refractivity contribution is -0.0886. The van der Waals surface area contributed by atoms with Crippen molar-refractivity contribution in [1.82, 2.24) is 4.90 Å². The van der Waals surface area contributed by atoms with E-state index in [-0.39, 0.29) is 5.72 Å². The second kappa shape index (κ2) is 0.897. The Morgan fingerprint density at radius 3 is 3.33 bits per heavy atom. The van der Waals surface area contributed by atoms with E-state index in [4.69, 9.17) is 4.74 Å². The number of ether oxygens (including phenoxy) is 1. The average Bonchev–Trinajstić information content (AvgIpc) is 2.11. The van der Waals surface area contributed by atoms with Gasteiger partial charge in [0.1, 0.15) is 5.76 Å². The smallest absolute Gasteiger partial charge is 0.209 e. The summed E-state index contributed by atoms with van der Waals surface area (Å²) >= 11 is 0. The van der Waals surface area contributed by atoms with Gasteiger partial charge in [-0.1, -0.05) is 6.08 Å². The van der Waals surface area contributed by atoms with Gasteiger partial charge in [-0.25, -0.2) is 0 Å². The maximum absolute atomic E-state index is 5.46. The van der Waals surface area contributed by atoms with Gasteiger partial charge in [-0.05, 0) is 6.08 Å². The van der Waals surface area contributed by atoms with Crippen molar-refractivity contribution in [3.8, 4) is 0 Å². The van der Waals surface area contributed by atoms with E-state index in [0.717, 1.165) is 18.7 Å². The molecular weight excluding hydrogens is 114 g/mol. The van der Waals surface area contributed by atoms with Crippen LogP contribution in [0.3, 0.4) is 0 Å². The van der Waals surface area contributed by atoms with Crippen molar-refractivity contribution < 1.29 is 4.74 Å². The van der Waals surface area contributed by atoms with E-state index in [1.165, 1.54) is 0 Å². The predicted octanol–water partition coefficient (Wildman–Crippen LogP) is 0.830. The summed E-state index contributed by atoms with van der Waals surface area (Å²) in [5.41, 5.74) is 0.00926. The second-order valence-electron chi connectivity index (χ2n) is 2.77. The van der Waals surface area contributed by atoms with Crippen LogP contribution in [0, 0.1) is 0 Å². The van der Waals surface area contributed by atoms with Crippen LogP contribution in [0.25, 0.3) is 0 Å². The summed E-state index contributed by atoms with van der Waals surface area (Å²) in [6.07, 6.45) is 7.52. The van der Waals surface area contributed by atoms with Crippen molar-refractivity contribution in [2.75, 3.05) is 6.54 Å². The van der Waals surface area contributed by atoms with Crippen molar-refractivity contribution in [1.29, 1.82) is 0 Å². The number of nitrogens with zero attached hydrogens (tertiary/aromatic N) is 1. The van der Waals surface area contributed by atoms with Crippen LogP contribution in [0.4, 0.5) is 0 Å². The summed E-state index contributed by atoms with van der Waals surface area (Å²) in [6, 6.07) is 0. The molecule has 4 heterocycles. The van der Waals surface area contributed by atoms with Crippen molar-refractivity contribution in [2.45, 2.75) is 12.1 Å². The molecule has 0 aliphatic carbocycles. The summed E-state index contributed by atoms with van der Waals surface area (Å²) in [5, 5.41) is 0. The van der Waals surface area contributed by atoms with Crippen molar-refractivity contribution in [2.24, 2.45) is 0 Å². The van der Waals surface area contributed by atoms with Gasteiger partial charge in [-0.3, -0.25) is 0 Å². The van der Waals surface area contributed by atoms with Crippen LogP contribution in [0.1, 0.15) is 6.42 Å². The van der Waals surface area contributed by atoms with E-state index in [2.05, 4.69) is 23.3 Å². The standard InChI is InChI=1S/C7H7NO/c1-2-7-4-6(9-7)5-8(7)3-1/h1-2,5H,3-4H2/t7-/m0/s1. The number of hydrogen-bond acceptors (Lipinski definition) is 2. The molecular formula is C7H7NO. The Hall–Kier alpha value is -0.920. The Balaban J connectivity index is 2.15. The molecule has 46 valence electrons. The third-order valence-corrected chi connectivity index (χ3v) is 2.20. The fourth-order valence-corrected chi connectivity index (χ4v) is 1.73. The predicted molar refractivity (Wildman–Crippen MR) is 32.4 cm³/mol. The zero-order chi connectivity index (χ0) is 5.90. The lowest BCUT2D eigenvalue weighted by atomic mass is 10.1. The number of rotatable bonds is 0. The maximum atomic E-state index is 5.46. The Kier molecular flexibility index (Phi) is 0.397. The third kappa shape index (κ3) is 0.269. The summed E-state index contributed by atoms with van der Waals surface area (Å²) in [7, 11) is 0. The van der Waals surface area contributed by atoms with Crippen molar-refractivity contribution >= 4 is 0 Å². The third-order valence-electron chi connectivity index (χ3n) is 2.20. The van der Waals surface area contributed by atoms with Crippen molar-refractivity contribution in [3.63, 3.8) is 0 Å². The van der Waals surface area contributed by atoms with Crippen LogP contribution < -0.4 is 0 Å². The van der Waals surface area contributed by atoms with Gasteiger partial charge in [0.25, 0.3) is 0 Å². The molecule has 0 N–H and O–H groups in total. The molecule has 4 aliphatic heterocycles. The van der Waals surface area contributed by atoms with E-state index in [0.29, 0.717) is 0 Å². The molecule has 0 aromatic heterocycles. The molecule has 0 radical (unpaired) electrons. The van der Waals surface area contributed by atoms with Gasteiger partial charge in [0.05, 0.1) is 6.42 Å². The molecule has 2 heteroatoms. The first kappa shape index (κ1) is 3.99. The molecule has 4 rings (SSSR count). The first-order valence-corrected chi connectivity index (χ1v) is 3.23. The Morgan fingerprint density at radius 1 is 1.67 bits per heavy atom. The summed E-state index contributed by atoms with van der Waals surface area (Å²) in [4.78, 5) is 2.24. The summed E-state index contributed by atoms with van der Waals surface area (Å²) < 4.78 is 5.46. The van der Waals surface area contributed by atoms with E-state index >= 15 is 0 Å². The Bertz CT molecular complexity index is 221. The molecule has 0 aromatic rings. The molecule has 0 aromatic carbocycles. The van der Waals surface area contributed by atoms with Crippen molar-refractivity contribution in [3.05, 3.63) is 24.1 Å². The van der Waals surface area contributed by atoms with Crippen LogP contribution in [0.2, 0.25) is 0 Å². The maximum Gasteiger partial charge on any atom is 0.209 e. The quantitative estimate of drug-likeness (QED) is 0.440. The first-order valence-electron chi connectivity index (χ1n) is 3.23. The molecule has 0 amide bonds. The monoisotopic (exact) mass is 121 g/mol. The van der Waals surface area contributed by atoms with Gasteiger partial charge in [-0.15, -0.1) is 0 Å². The minimum atomic E-state index is 0.00926. The Labute approximate surface area is 53.4 Å². The fourth-order valence-electron chi connectivity index (χ4n) is 1.73. The van der Waals surface area contributed by atoms with E-state index < -0.39 is 0 Å². The van der Waals surface area contributed by atoms with Crippen LogP contribution in [0.5, 0.6) is 0 Å².